The third-order valence-electron chi connectivity index (χ3n) is 4.16. The number of imidazole rings is 1. The van der Waals surface area contributed by atoms with Gasteiger partial charge in [-0.1, -0.05) is 0 Å². The molecular formula is C15H21ClN4. The molecule has 1 aliphatic rings. The van der Waals surface area contributed by atoms with Crippen LogP contribution in [0.5, 0.6) is 0 Å². The number of fused-ring (bicyclic) bond motifs is 1. The molecule has 2 aromatic rings. The Morgan fingerprint density at radius 2 is 2.05 bits per heavy atom. The molecule has 20 heavy (non-hydrogen) atoms. The summed E-state index contributed by atoms with van der Waals surface area (Å²) in [6.45, 7) is 4.57. The largest absolute Gasteiger partial charge is 0.304 e. The molecule has 2 atom stereocenters. The SMILES string of the molecule is CC1CCCC(C)N1n1c(CCCl)nc2cccnc21. The molecule has 0 saturated carbocycles. The van der Waals surface area contributed by atoms with Gasteiger partial charge in [0.15, 0.2) is 5.65 Å². The number of piperidine rings is 1. The van der Waals surface area contributed by atoms with E-state index in [1.807, 2.05) is 18.3 Å². The lowest BCUT2D eigenvalue weighted by Crippen LogP contribution is -2.51. The van der Waals surface area contributed by atoms with Crippen molar-refractivity contribution in [2.24, 2.45) is 0 Å². The van der Waals surface area contributed by atoms with Gasteiger partial charge in [0.05, 0.1) is 0 Å². The Bertz CT molecular complexity index is 585. The van der Waals surface area contributed by atoms with E-state index in [0.717, 1.165) is 23.4 Å². The fourth-order valence-electron chi connectivity index (χ4n) is 3.24. The zero-order valence-corrected chi connectivity index (χ0v) is 12.8. The van der Waals surface area contributed by atoms with Crippen LogP contribution in [0.25, 0.3) is 11.2 Å². The van der Waals surface area contributed by atoms with Crippen molar-refractivity contribution in [2.45, 2.75) is 51.6 Å². The molecule has 3 heterocycles. The second-order valence-electron chi connectivity index (χ2n) is 5.63. The van der Waals surface area contributed by atoms with Gasteiger partial charge in [-0.05, 0) is 45.2 Å². The Morgan fingerprint density at radius 1 is 1.30 bits per heavy atom. The van der Waals surface area contributed by atoms with Gasteiger partial charge in [0.2, 0.25) is 0 Å². The lowest BCUT2D eigenvalue weighted by atomic mass is 10.00. The number of hydrogen-bond donors (Lipinski definition) is 0. The molecule has 2 aromatic heterocycles. The highest BCUT2D eigenvalue weighted by atomic mass is 35.5. The molecule has 0 aromatic carbocycles. The number of halogens is 1. The summed E-state index contributed by atoms with van der Waals surface area (Å²) in [5.74, 6) is 1.61. The Kier molecular flexibility index (Phi) is 3.83. The first-order chi connectivity index (χ1) is 9.72. The van der Waals surface area contributed by atoms with Gasteiger partial charge in [-0.3, -0.25) is 0 Å². The lowest BCUT2D eigenvalue weighted by molar-refractivity contribution is 0.335. The monoisotopic (exact) mass is 292 g/mol. The lowest BCUT2D eigenvalue weighted by Gasteiger charge is -2.41. The molecule has 0 bridgehead atoms. The van der Waals surface area contributed by atoms with E-state index in [1.54, 1.807) is 0 Å². The number of rotatable bonds is 3. The van der Waals surface area contributed by atoms with E-state index in [4.69, 9.17) is 16.6 Å². The molecule has 108 valence electrons. The minimum atomic E-state index is 0.507. The number of pyridine rings is 1. The van der Waals surface area contributed by atoms with Crippen LogP contribution in [-0.2, 0) is 6.42 Å². The minimum Gasteiger partial charge on any atom is -0.304 e. The average molecular weight is 293 g/mol. The van der Waals surface area contributed by atoms with E-state index >= 15 is 0 Å². The number of nitrogens with zero attached hydrogens (tertiary/aromatic N) is 4. The van der Waals surface area contributed by atoms with Crippen LogP contribution >= 0.6 is 11.6 Å². The quantitative estimate of drug-likeness (QED) is 0.815. The van der Waals surface area contributed by atoms with E-state index in [-0.39, 0.29) is 0 Å². The summed E-state index contributed by atoms with van der Waals surface area (Å²) in [7, 11) is 0. The van der Waals surface area contributed by atoms with Crippen molar-refractivity contribution in [3.8, 4) is 0 Å². The molecule has 5 heteroatoms. The second kappa shape index (κ2) is 5.60. The number of aryl methyl sites for hydroxylation is 1. The van der Waals surface area contributed by atoms with E-state index in [9.17, 15) is 0 Å². The highest BCUT2D eigenvalue weighted by Gasteiger charge is 2.28. The maximum atomic E-state index is 5.96. The molecule has 0 radical (unpaired) electrons. The highest BCUT2D eigenvalue weighted by Crippen LogP contribution is 2.25. The van der Waals surface area contributed by atoms with Crippen LogP contribution in [0.4, 0.5) is 0 Å². The van der Waals surface area contributed by atoms with Crippen molar-refractivity contribution in [1.29, 1.82) is 0 Å². The van der Waals surface area contributed by atoms with Crippen LogP contribution in [0.2, 0.25) is 0 Å². The van der Waals surface area contributed by atoms with Gasteiger partial charge < -0.3 is 5.01 Å². The molecule has 0 amide bonds. The molecule has 1 aliphatic heterocycles. The zero-order chi connectivity index (χ0) is 14.1. The highest BCUT2D eigenvalue weighted by molar-refractivity contribution is 6.17. The molecule has 1 fully saturated rings. The van der Waals surface area contributed by atoms with Gasteiger partial charge in [0, 0.05) is 30.6 Å². The molecule has 0 aliphatic carbocycles. The molecule has 2 unspecified atom stereocenters. The first-order valence-electron chi connectivity index (χ1n) is 7.39. The van der Waals surface area contributed by atoms with Crippen LogP contribution in [-0.4, -0.2) is 32.6 Å². The predicted molar refractivity (Wildman–Crippen MR) is 82.9 cm³/mol. The number of aromatic nitrogens is 3. The topological polar surface area (TPSA) is 34.0 Å². The van der Waals surface area contributed by atoms with E-state index < -0.39 is 0 Å². The summed E-state index contributed by atoms with van der Waals surface area (Å²) in [4.78, 5) is 9.26. The predicted octanol–water partition coefficient (Wildman–Crippen LogP) is 3.11. The summed E-state index contributed by atoms with van der Waals surface area (Å²) >= 11 is 5.96. The summed E-state index contributed by atoms with van der Waals surface area (Å²) in [6, 6.07) is 4.97. The molecule has 0 N–H and O–H groups in total. The normalized spacial score (nSPS) is 23.4. The van der Waals surface area contributed by atoms with Crippen molar-refractivity contribution < 1.29 is 0 Å². The Morgan fingerprint density at radius 3 is 2.75 bits per heavy atom. The molecule has 1 saturated heterocycles. The smallest absolute Gasteiger partial charge is 0.179 e. The fourth-order valence-corrected chi connectivity index (χ4v) is 3.41. The molecular weight excluding hydrogens is 272 g/mol. The van der Waals surface area contributed by atoms with Gasteiger partial charge >= 0.3 is 0 Å². The van der Waals surface area contributed by atoms with Gasteiger partial charge in [0.25, 0.3) is 0 Å². The number of hydrogen-bond acceptors (Lipinski definition) is 3. The summed E-state index contributed by atoms with van der Waals surface area (Å²) in [5.41, 5.74) is 1.91. The van der Waals surface area contributed by atoms with Crippen molar-refractivity contribution >= 4 is 22.8 Å². The minimum absolute atomic E-state index is 0.507. The maximum Gasteiger partial charge on any atom is 0.179 e. The van der Waals surface area contributed by atoms with E-state index in [1.165, 1.54) is 19.3 Å². The van der Waals surface area contributed by atoms with Crippen LogP contribution < -0.4 is 5.01 Å². The Labute approximate surface area is 124 Å². The van der Waals surface area contributed by atoms with Crippen molar-refractivity contribution in [3.63, 3.8) is 0 Å². The van der Waals surface area contributed by atoms with Gasteiger partial charge in [-0.15, -0.1) is 11.6 Å². The van der Waals surface area contributed by atoms with Crippen LogP contribution in [0.3, 0.4) is 0 Å². The Hall–Kier alpha value is -1.29. The fraction of sp³-hybridized carbons (Fsp3) is 0.600. The van der Waals surface area contributed by atoms with Crippen molar-refractivity contribution in [2.75, 3.05) is 10.9 Å². The van der Waals surface area contributed by atoms with Crippen molar-refractivity contribution in [1.82, 2.24) is 14.6 Å². The third kappa shape index (κ3) is 2.26. The second-order valence-corrected chi connectivity index (χ2v) is 6.01. The summed E-state index contributed by atoms with van der Waals surface area (Å²) < 4.78 is 2.21. The van der Waals surface area contributed by atoms with E-state index in [2.05, 4.69) is 28.5 Å². The first kappa shape index (κ1) is 13.7. The van der Waals surface area contributed by atoms with E-state index in [0.29, 0.717) is 18.0 Å². The van der Waals surface area contributed by atoms with Gasteiger partial charge in [-0.25, -0.2) is 14.6 Å². The average Bonchev–Trinajstić information content (AvgIpc) is 2.78. The van der Waals surface area contributed by atoms with Crippen LogP contribution in [0, 0.1) is 0 Å². The number of alkyl halides is 1. The van der Waals surface area contributed by atoms with Gasteiger partial charge in [-0.2, -0.15) is 0 Å². The molecule has 0 spiro atoms. The molecule has 3 rings (SSSR count). The Balaban J connectivity index is 2.14. The standard InChI is InChI=1S/C15H21ClN4/c1-11-5-3-6-12(2)19(11)20-14(8-9-16)18-13-7-4-10-17-15(13)20/h4,7,10-12H,3,5-6,8-9H2,1-2H3. The van der Waals surface area contributed by atoms with Gasteiger partial charge in [0.1, 0.15) is 11.3 Å². The van der Waals surface area contributed by atoms with Crippen LogP contribution in [0.15, 0.2) is 18.3 Å². The zero-order valence-electron chi connectivity index (χ0n) is 12.1. The summed E-state index contributed by atoms with van der Waals surface area (Å²) in [6.07, 6.45) is 6.34. The molecule has 4 nitrogen and oxygen atoms in total. The first-order valence-corrected chi connectivity index (χ1v) is 7.92. The maximum absolute atomic E-state index is 5.96. The van der Waals surface area contributed by atoms with Crippen LogP contribution in [0.1, 0.15) is 38.9 Å². The van der Waals surface area contributed by atoms with Crippen molar-refractivity contribution in [3.05, 3.63) is 24.2 Å². The third-order valence-corrected chi connectivity index (χ3v) is 4.35. The summed E-state index contributed by atoms with van der Waals surface area (Å²) in [5, 5.41) is 2.44.